The van der Waals surface area contributed by atoms with Gasteiger partial charge in [0.25, 0.3) is 0 Å². The van der Waals surface area contributed by atoms with Crippen LogP contribution in [0.3, 0.4) is 0 Å². The van der Waals surface area contributed by atoms with Crippen LogP contribution in [0.15, 0.2) is 54.2 Å². The molecule has 0 aliphatic heterocycles. The highest BCUT2D eigenvalue weighted by molar-refractivity contribution is 8.14. The van der Waals surface area contributed by atoms with E-state index >= 15 is 0 Å². The molecule has 0 unspecified atom stereocenters. The monoisotopic (exact) mass is 342 g/mol. The van der Waals surface area contributed by atoms with Crippen molar-refractivity contribution < 1.29 is 9.47 Å². The van der Waals surface area contributed by atoms with Crippen LogP contribution in [0, 0.1) is 5.41 Å². The van der Waals surface area contributed by atoms with Crippen LogP contribution in [0.25, 0.3) is 5.57 Å². The molecule has 0 aromatic heterocycles. The van der Waals surface area contributed by atoms with Gasteiger partial charge in [-0.05, 0) is 48.6 Å². The number of benzene rings is 2. The fourth-order valence-electron chi connectivity index (χ4n) is 2.25. The zero-order valence-corrected chi connectivity index (χ0v) is 14.9. The number of ether oxygens (including phenoxy) is 2. The topological polar surface area (TPSA) is 68.3 Å². The van der Waals surface area contributed by atoms with E-state index < -0.39 is 0 Å². The predicted molar refractivity (Wildman–Crippen MR) is 102 cm³/mol. The molecule has 4 nitrogen and oxygen atoms in total. The summed E-state index contributed by atoms with van der Waals surface area (Å²) in [6.07, 6.45) is 1.87. The molecule has 0 aliphatic rings. The number of nitrogens with two attached hydrogens (primary N) is 1. The molecule has 24 heavy (non-hydrogen) atoms. The van der Waals surface area contributed by atoms with Gasteiger partial charge in [-0.15, -0.1) is 11.8 Å². The summed E-state index contributed by atoms with van der Waals surface area (Å²) in [4.78, 5) is 0. The van der Waals surface area contributed by atoms with E-state index in [0.717, 1.165) is 28.2 Å². The third kappa shape index (κ3) is 4.55. The van der Waals surface area contributed by atoms with Gasteiger partial charge in [0.1, 0.15) is 18.1 Å². The second-order valence-corrected chi connectivity index (χ2v) is 6.07. The number of hydrogen-bond acceptors (Lipinski definition) is 5. The van der Waals surface area contributed by atoms with Crippen LogP contribution in [-0.4, -0.2) is 18.4 Å². The first-order chi connectivity index (χ1) is 11.5. The molecule has 0 saturated heterocycles. The van der Waals surface area contributed by atoms with Crippen LogP contribution in [0.2, 0.25) is 0 Å². The van der Waals surface area contributed by atoms with Gasteiger partial charge in [0.15, 0.2) is 0 Å². The van der Waals surface area contributed by atoms with Crippen LogP contribution < -0.4 is 15.2 Å². The molecular formula is C19H22N2O2S. The zero-order chi connectivity index (χ0) is 17.5. The molecule has 0 amide bonds. The van der Waals surface area contributed by atoms with Gasteiger partial charge in [0, 0.05) is 11.3 Å². The van der Waals surface area contributed by atoms with Gasteiger partial charge in [0.05, 0.1) is 12.2 Å². The van der Waals surface area contributed by atoms with Crippen LogP contribution in [0.5, 0.6) is 11.5 Å². The average molecular weight is 342 g/mol. The van der Waals surface area contributed by atoms with Crippen molar-refractivity contribution in [2.75, 3.05) is 13.4 Å². The summed E-state index contributed by atoms with van der Waals surface area (Å²) < 4.78 is 10.9. The molecule has 0 bridgehead atoms. The number of thioether (sulfide) groups is 1. The molecule has 0 aliphatic carbocycles. The highest BCUT2D eigenvalue weighted by Crippen LogP contribution is 2.25. The second-order valence-electron chi connectivity index (χ2n) is 5.25. The Morgan fingerprint density at radius 3 is 2.12 bits per heavy atom. The fourth-order valence-corrected chi connectivity index (χ4v) is 2.73. The minimum Gasteiger partial charge on any atom is -0.497 e. The standard InChI is InChI=1S/C19H22N2O2S/c1-13(20)18(19(21)24-3)15-6-10-17(11-7-15)23-12-14-4-8-16(22-2)9-5-14/h4-11,21H,12,20H2,1-3H3/b18-13-,21-19?. The Balaban J connectivity index is 2.06. The smallest absolute Gasteiger partial charge is 0.119 e. The first-order valence-electron chi connectivity index (χ1n) is 7.50. The van der Waals surface area contributed by atoms with Crippen LogP contribution in [0.4, 0.5) is 0 Å². The van der Waals surface area contributed by atoms with Gasteiger partial charge < -0.3 is 15.2 Å². The van der Waals surface area contributed by atoms with Crippen molar-refractivity contribution in [3.05, 3.63) is 65.4 Å². The summed E-state index contributed by atoms with van der Waals surface area (Å²) >= 11 is 1.37. The molecule has 5 heteroatoms. The second kappa shape index (κ2) is 8.45. The Bertz CT molecular complexity index is 718. The minimum absolute atomic E-state index is 0.460. The largest absolute Gasteiger partial charge is 0.497 e. The number of hydrogen-bond donors (Lipinski definition) is 2. The lowest BCUT2D eigenvalue weighted by Crippen LogP contribution is -2.04. The number of methoxy groups -OCH3 is 1. The average Bonchev–Trinajstić information content (AvgIpc) is 2.61. The van der Waals surface area contributed by atoms with E-state index in [1.54, 1.807) is 7.11 Å². The third-order valence-corrected chi connectivity index (χ3v) is 4.15. The first kappa shape index (κ1) is 17.9. The third-order valence-electron chi connectivity index (χ3n) is 3.53. The molecule has 3 N–H and O–H groups in total. The van der Waals surface area contributed by atoms with Crippen molar-refractivity contribution in [1.82, 2.24) is 0 Å². The van der Waals surface area contributed by atoms with Crippen molar-refractivity contribution >= 4 is 22.4 Å². The van der Waals surface area contributed by atoms with E-state index in [-0.39, 0.29) is 0 Å². The SMILES string of the molecule is COc1ccc(COc2ccc(/C(C(=N)SC)=C(\C)N)cc2)cc1. The molecule has 0 atom stereocenters. The van der Waals surface area contributed by atoms with Crippen molar-refractivity contribution in [1.29, 1.82) is 5.41 Å². The molecular weight excluding hydrogens is 320 g/mol. The molecule has 0 saturated carbocycles. The summed E-state index contributed by atoms with van der Waals surface area (Å²) in [6, 6.07) is 15.4. The van der Waals surface area contributed by atoms with E-state index in [4.69, 9.17) is 20.6 Å². The molecule has 2 aromatic carbocycles. The van der Waals surface area contributed by atoms with Crippen molar-refractivity contribution in [3.8, 4) is 11.5 Å². The van der Waals surface area contributed by atoms with E-state index in [1.807, 2.05) is 61.7 Å². The van der Waals surface area contributed by atoms with Gasteiger partial charge in [-0.1, -0.05) is 24.3 Å². The number of allylic oxidation sites excluding steroid dienone is 1. The van der Waals surface area contributed by atoms with Crippen molar-refractivity contribution in [3.63, 3.8) is 0 Å². The van der Waals surface area contributed by atoms with E-state index in [9.17, 15) is 0 Å². The molecule has 0 spiro atoms. The molecule has 126 valence electrons. The summed E-state index contributed by atoms with van der Waals surface area (Å²) in [7, 11) is 1.65. The minimum atomic E-state index is 0.460. The summed E-state index contributed by atoms with van der Waals surface area (Å²) in [5.41, 5.74) is 9.33. The van der Waals surface area contributed by atoms with Crippen LogP contribution in [0.1, 0.15) is 18.1 Å². The summed E-state index contributed by atoms with van der Waals surface area (Å²) in [5.74, 6) is 1.61. The number of rotatable bonds is 6. The zero-order valence-electron chi connectivity index (χ0n) is 14.1. The molecule has 2 aromatic rings. The van der Waals surface area contributed by atoms with Gasteiger partial charge in [-0.2, -0.15) is 0 Å². The van der Waals surface area contributed by atoms with Crippen LogP contribution in [-0.2, 0) is 6.61 Å². The van der Waals surface area contributed by atoms with Gasteiger partial charge in [-0.3, -0.25) is 5.41 Å². The maximum absolute atomic E-state index is 8.03. The van der Waals surface area contributed by atoms with E-state index in [2.05, 4.69) is 0 Å². The van der Waals surface area contributed by atoms with Gasteiger partial charge >= 0.3 is 0 Å². The summed E-state index contributed by atoms with van der Waals surface area (Å²) in [6.45, 7) is 2.30. The fraction of sp³-hybridized carbons (Fsp3) is 0.211. The van der Waals surface area contributed by atoms with E-state index in [0.29, 0.717) is 17.3 Å². The summed E-state index contributed by atoms with van der Waals surface area (Å²) in [5, 5.41) is 8.49. The lowest BCUT2D eigenvalue weighted by Gasteiger charge is -2.11. The Labute approximate surface area is 147 Å². The highest BCUT2D eigenvalue weighted by Gasteiger charge is 2.10. The Morgan fingerprint density at radius 1 is 1.04 bits per heavy atom. The molecule has 2 rings (SSSR count). The molecule has 0 radical (unpaired) electrons. The van der Waals surface area contributed by atoms with Gasteiger partial charge in [-0.25, -0.2) is 0 Å². The van der Waals surface area contributed by atoms with Crippen molar-refractivity contribution in [2.45, 2.75) is 13.5 Å². The highest BCUT2D eigenvalue weighted by atomic mass is 32.2. The van der Waals surface area contributed by atoms with E-state index in [1.165, 1.54) is 11.8 Å². The Morgan fingerprint density at radius 2 is 1.62 bits per heavy atom. The normalized spacial score (nSPS) is 11.6. The Kier molecular flexibility index (Phi) is 6.32. The number of nitrogens with one attached hydrogen (secondary N) is 1. The first-order valence-corrected chi connectivity index (χ1v) is 8.73. The van der Waals surface area contributed by atoms with Crippen molar-refractivity contribution in [2.24, 2.45) is 5.73 Å². The molecule has 0 heterocycles. The van der Waals surface area contributed by atoms with Gasteiger partial charge in [0.2, 0.25) is 0 Å². The quantitative estimate of drug-likeness (QED) is 0.606. The predicted octanol–water partition coefficient (Wildman–Crippen LogP) is 4.30. The molecule has 0 fully saturated rings. The lowest BCUT2D eigenvalue weighted by molar-refractivity contribution is 0.306. The Hall–Kier alpha value is -2.40. The van der Waals surface area contributed by atoms with Crippen LogP contribution >= 0.6 is 11.8 Å². The lowest BCUT2D eigenvalue weighted by atomic mass is 10.1. The maximum atomic E-state index is 8.03. The maximum Gasteiger partial charge on any atom is 0.119 e.